The highest BCUT2D eigenvalue weighted by molar-refractivity contribution is 5.88. The van der Waals surface area contributed by atoms with Gasteiger partial charge in [0.2, 0.25) is 5.91 Å². The molecule has 1 amide bonds. The molecule has 0 unspecified atom stereocenters. The number of hydrogen-bond acceptors (Lipinski definition) is 3. The van der Waals surface area contributed by atoms with Crippen LogP contribution in [0.5, 0.6) is 0 Å². The van der Waals surface area contributed by atoms with Gasteiger partial charge in [0.25, 0.3) is 0 Å². The largest absolute Gasteiger partial charge is 0.379 e. The van der Waals surface area contributed by atoms with Crippen molar-refractivity contribution >= 4 is 5.91 Å². The van der Waals surface area contributed by atoms with Gasteiger partial charge in [-0.3, -0.25) is 9.69 Å². The first-order valence-electron chi connectivity index (χ1n) is 8.03. The van der Waals surface area contributed by atoms with E-state index >= 15 is 0 Å². The van der Waals surface area contributed by atoms with Crippen LogP contribution in [0.2, 0.25) is 0 Å². The van der Waals surface area contributed by atoms with Crippen LogP contribution < -0.4 is 5.32 Å². The quantitative estimate of drug-likeness (QED) is 0.734. The van der Waals surface area contributed by atoms with E-state index in [-0.39, 0.29) is 16.9 Å². The van der Waals surface area contributed by atoms with Crippen molar-refractivity contribution in [1.82, 2.24) is 10.2 Å². The molecule has 1 N–H and O–H groups in total. The molecule has 0 aromatic heterocycles. The second-order valence-corrected chi connectivity index (χ2v) is 7.38. The summed E-state index contributed by atoms with van der Waals surface area (Å²) in [7, 11) is 0. The van der Waals surface area contributed by atoms with E-state index in [0.29, 0.717) is 0 Å². The summed E-state index contributed by atoms with van der Waals surface area (Å²) < 4.78 is 5.30. The molecule has 1 saturated heterocycles. The number of nitrogens with one attached hydrogen (secondary N) is 1. The van der Waals surface area contributed by atoms with Crippen LogP contribution in [0.25, 0.3) is 0 Å². The maximum Gasteiger partial charge on any atom is 0.244 e. The zero-order chi connectivity index (χ0) is 15.9. The molecule has 0 atom stereocenters. The van der Waals surface area contributed by atoms with Gasteiger partial charge in [-0.05, 0) is 25.7 Å². The van der Waals surface area contributed by atoms with Gasteiger partial charge < -0.3 is 10.1 Å². The predicted octanol–water partition coefficient (Wildman–Crippen LogP) is 2.60. The number of hydrogen-bond donors (Lipinski definition) is 1. The molecule has 0 spiro atoms. The monoisotopic (exact) mass is 296 g/mol. The standard InChI is InChI=1S/C17H32N2O2/c1-6-16(2,3)14-17(4,5)18-15(20)8-7-9-19-10-12-21-13-11-19/h7-8H,6,9-14H2,1-5H3,(H,18,20)/b8-7+. The summed E-state index contributed by atoms with van der Waals surface area (Å²) in [6.45, 7) is 15.2. The van der Waals surface area contributed by atoms with Crippen LogP contribution in [0.15, 0.2) is 12.2 Å². The van der Waals surface area contributed by atoms with Crippen molar-refractivity contribution in [2.24, 2.45) is 5.41 Å². The summed E-state index contributed by atoms with van der Waals surface area (Å²) in [6, 6.07) is 0. The third-order valence-corrected chi connectivity index (χ3v) is 4.08. The summed E-state index contributed by atoms with van der Waals surface area (Å²) >= 11 is 0. The minimum Gasteiger partial charge on any atom is -0.379 e. The van der Waals surface area contributed by atoms with Crippen LogP contribution in [0.1, 0.15) is 47.5 Å². The number of nitrogens with zero attached hydrogens (tertiary/aromatic N) is 1. The molecule has 0 aromatic carbocycles. The van der Waals surface area contributed by atoms with Crippen LogP contribution >= 0.6 is 0 Å². The number of carbonyl (C=O) groups excluding carboxylic acids is 1. The van der Waals surface area contributed by atoms with Crippen LogP contribution in [0.4, 0.5) is 0 Å². The van der Waals surface area contributed by atoms with E-state index in [1.165, 1.54) is 0 Å². The fraction of sp³-hybridized carbons (Fsp3) is 0.824. The first-order chi connectivity index (χ1) is 9.74. The van der Waals surface area contributed by atoms with E-state index in [4.69, 9.17) is 4.74 Å². The Kier molecular flexibility index (Phi) is 6.88. The van der Waals surface area contributed by atoms with Crippen LogP contribution in [-0.4, -0.2) is 49.2 Å². The van der Waals surface area contributed by atoms with Gasteiger partial charge in [0.15, 0.2) is 0 Å². The van der Waals surface area contributed by atoms with Gasteiger partial charge in [-0.25, -0.2) is 0 Å². The number of morpholine rings is 1. The fourth-order valence-electron chi connectivity index (χ4n) is 2.83. The Bertz CT molecular complexity index is 356. The molecule has 1 fully saturated rings. The van der Waals surface area contributed by atoms with Gasteiger partial charge in [0, 0.05) is 31.2 Å². The smallest absolute Gasteiger partial charge is 0.244 e. The predicted molar refractivity (Wildman–Crippen MR) is 87.3 cm³/mol. The van der Waals surface area contributed by atoms with Crippen LogP contribution in [0, 0.1) is 5.41 Å². The van der Waals surface area contributed by atoms with Crippen LogP contribution in [0.3, 0.4) is 0 Å². The molecule has 0 radical (unpaired) electrons. The second-order valence-electron chi connectivity index (χ2n) is 7.38. The molecule has 0 bridgehead atoms. The lowest BCUT2D eigenvalue weighted by Gasteiger charge is -2.34. The van der Waals surface area contributed by atoms with Crippen molar-refractivity contribution in [2.45, 2.75) is 53.0 Å². The van der Waals surface area contributed by atoms with Crippen molar-refractivity contribution in [3.05, 3.63) is 12.2 Å². The number of carbonyl (C=O) groups is 1. The Labute approximate surface area is 129 Å². The first kappa shape index (κ1) is 18.2. The fourth-order valence-corrected chi connectivity index (χ4v) is 2.83. The lowest BCUT2D eigenvalue weighted by molar-refractivity contribution is -0.118. The second kappa shape index (κ2) is 7.95. The molecule has 0 saturated carbocycles. The average Bonchev–Trinajstić information content (AvgIpc) is 2.38. The van der Waals surface area contributed by atoms with Gasteiger partial charge in [-0.2, -0.15) is 0 Å². The minimum absolute atomic E-state index is 0.000150. The summed E-state index contributed by atoms with van der Waals surface area (Å²) in [6.07, 6.45) is 5.69. The van der Waals surface area contributed by atoms with Crippen molar-refractivity contribution < 1.29 is 9.53 Å². The number of ether oxygens (including phenoxy) is 1. The molecule has 122 valence electrons. The zero-order valence-electron chi connectivity index (χ0n) is 14.4. The topological polar surface area (TPSA) is 41.6 Å². The zero-order valence-corrected chi connectivity index (χ0v) is 14.4. The normalized spacial score (nSPS) is 18.1. The Morgan fingerprint density at radius 2 is 1.86 bits per heavy atom. The van der Waals surface area contributed by atoms with Crippen molar-refractivity contribution in [3.63, 3.8) is 0 Å². The Morgan fingerprint density at radius 3 is 2.43 bits per heavy atom. The molecule has 4 heteroatoms. The Morgan fingerprint density at radius 1 is 1.24 bits per heavy atom. The highest BCUT2D eigenvalue weighted by Gasteiger charge is 2.28. The molecule has 0 aromatic rings. The molecule has 1 aliphatic rings. The average molecular weight is 296 g/mol. The van der Waals surface area contributed by atoms with Gasteiger partial charge >= 0.3 is 0 Å². The van der Waals surface area contributed by atoms with E-state index in [9.17, 15) is 4.79 Å². The van der Waals surface area contributed by atoms with E-state index in [1.54, 1.807) is 6.08 Å². The van der Waals surface area contributed by atoms with Crippen LogP contribution in [-0.2, 0) is 9.53 Å². The number of amides is 1. The molecule has 21 heavy (non-hydrogen) atoms. The van der Waals surface area contributed by atoms with E-state index < -0.39 is 0 Å². The molecule has 4 nitrogen and oxygen atoms in total. The van der Waals surface area contributed by atoms with E-state index in [2.05, 4.69) is 44.8 Å². The molecule has 1 rings (SSSR count). The summed E-state index contributed by atoms with van der Waals surface area (Å²) in [5.74, 6) is 0.000150. The van der Waals surface area contributed by atoms with Gasteiger partial charge in [0.1, 0.15) is 0 Å². The highest BCUT2D eigenvalue weighted by Crippen LogP contribution is 2.30. The molecular formula is C17H32N2O2. The van der Waals surface area contributed by atoms with E-state index in [1.807, 2.05) is 6.08 Å². The lowest BCUT2D eigenvalue weighted by atomic mass is 9.78. The summed E-state index contributed by atoms with van der Waals surface area (Å²) in [5.41, 5.74) is 0.0637. The SMILES string of the molecule is CCC(C)(C)CC(C)(C)NC(=O)/C=C/CN1CCOCC1. The van der Waals surface area contributed by atoms with E-state index in [0.717, 1.165) is 45.7 Å². The highest BCUT2D eigenvalue weighted by atomic mass is 16.5. The lowest BCUT2D eigenvalue weighted by Crippen LogP contribution is -2.45. The van der Waals surface area contributed by atoms with Crippen molar-refractivity contribution in [3.8, 4) is 0 Å². The van der Waals surface area contributed by atoms with Gasteiger partial charge in [-0.1, -0.05) is 33.3 Å². The maximum atomic E-state index is 12.0. The number of rotatable bonds is 7. The minimum atomic E-state index is -0.181. The van der Waals surface area contributed by atoms with Crippen molar-refractivity contribution in [2.75, 3.05) is 32.8 Å². The van der Waals surface area contributed by atoms with Gasteiger partial charge in [-0.15, -0.1) is 0 Å². The Hall–Kier alpha value is -0.870. The Balaban J connectivity index is 2.37. The molecule has 1 aliphatic heterocycles. The molecule has 0 aliphatic carbocycles. The third-order valence-electron chi connectivity index (χ3n) is 4.08. The molecule has 1 heterocycles. The van der Waals surface area contributed by atoms with Crippen molar-refractivity contribution in [1.29, 1.82) is 0 Å². The first-order valence-corrected chi connectivity index (χ1v) is 8.03. The summed E-state index contributed by atoms with van der Waals surface area (Å²) in [4.78, 5) is 14.3. The maximum absolute atomic E-state index is 12.0. The van der Waals surface area contributed by atoms with Gasteiger partial charge in [0.05, 0.1) is 13.2 Å². The third kappa shape index (κ3) is 7.63. The molecular weight excluding hydrogens is 264 g/mol. The summed E-state index contributed by atoms with van der Waals surface area (Å²) in [5, 5.41) is 3.12.